The fourth-order valence-electron chi connectivity index (χ4n) is 3.48. The number of alkyl halides is 3. The molecule has 0 saturated carbocycles. The number of nitrogens with zero attached hydrogens (tertiary/aromatic N) is 3. The first kappa shape index (κ1) is 22.6. The van der Waals surface area contributed by atoms with Crippen molar-refractivity contribution < 1.29 is 22.4 Å². The Morgan fingerprint density at radius 3 is 2.67 bits per heavy atom. The summed E-state index contributed by atoms with van der Waals surface area (Å²) in [5, 5.41) is 10.0. The van der Waals surface area contributed by atoms with Gasteiger partial charge in [-0.3, -0.25) is 14.3 Å². The Kier molecular flexibility index (Phi) is 5.75. The molecule has 0 bridgehead atoms. The lowest BCUT2D eigenvalue weighted by Gasteiger charge is -2.14. The number of benzene rings is 2. The van der Waals surface area contributed by atoms with Gasteiger partial charge in [-0.05, 0) is 29.7 Å². The number of rotatable bonds is 5. The summed E-state index contributed by atoms with van der Waals surface area (Å²) in [5.74, 6) is -1.74. The molecule has 2 aromatic carbocycles. The molecule has 0 saturated heterocycles. The van der Waals surface area contributed by atoms with Crippen LogP contribution in [0.4, 0.5) is 28.9 Å². The second-order valence-corrected chi connectivity index (χ2v) is 7.72. The summed E-state index contributed by atoms with van der Waals surface area (Å²) in [6.07, 6.45) is -1.74. The molecule has 0 atom stereocenters. The summed E-state index contributed by atoms with van der Waals surface area (Å²) in [6.45, 7) is -2.18. The van der Waals surface area contributed by atoms with Gasteiger partial charge in [-0.15, -0.1) is 0 Å². The lowest BCUT2D eigenvalue weighted by Crippen LogP contribution is -2.37. The van der Waals surface area contributed by atoms with Crippen LogP contribution in [0.15, 0.2) is 47.5 Å². The van der Waals surface area contributed by atoms with E-state index >= 15 is 0 Å². The van der Waals surface area contributed by atoms with E-state index in [1.165, 1.54) is 24.4 Å². The molecule has 2 N–H and O–H groups in total. The van der Waals surface area contributed by atoms with Gasteiger partial charge in [0, 0.05) is 24.3 Å². The van der Waals surface area contributed by atoms with Gasteiger partial charge in [0.15, 0.2) is 0 Å². The molecule has 0 spiro atoms. The van der Waals surface area contributed by atoms with Crippen molar-refractivity contribution in [1.82, 2.24) is 19.7 Å². The van der Waals surface area contributed by atoms with Gasteiger partial charge in [-0.1, -0.05) is 17.7 Å². The normalized spacial score (nSPS) is 11.8. The number of hydrogen-bond donors (Lipinski definition) is 2. The van der Waals surface area contributed by atoms with Crippen LogP contribution in [0.3, 0.4) is 0 Å². The summed E-state index contributed by atoms with van der Waals surface area (Å²) in [6, 6.07) is 7.27. The standard InChI is InChI=1S/C21H16ClF4N5O2/c1-30-19-12(8-28-30)6-13(7-14(19)22)29-18-15(23)3-2-11-4-5-31(20(33)17(11)18)9-16(32)27-10-21(24,25)26/h2-8,29H,9-10H2,1H3,(H,27,32). The van der Waals surface area contributed by atoms with Gasteiger partial charge in [0.05, 0.1) is 27.8 Å². The van der Waals surface area contributed by atoms with Crippen LogP contribution in [0.5, 0.6) is 0 Å². The van der Waals surface area contributed by atoms with Crippen molar-refractivity contribution in [3.8, 4) is 0 Å². The largest absolute Gasteiger partial charge is 0.405 e. The van der Waals surface area contributed by atoms with Crippen LogP contribution in [0.1, 0.15) is 0 Å². The highest BCUT2D eigenvalue weighted by molar-refractivity contribution is 6.35. The lowest BCUT2D eigenvalue weighted by molar-refractivity contribution is -0.138. The predicted octanol–water partition coefficient (Wildman–Crippen LogP) is 4.10. The Morgan fingerprint density at radius 2 is 1.94 bits per heavy atom. The Labute approximate surface area is 188 Å². The summed E-state index contributed by atoms with van der Waals surface area (Å²) in [7, 11) is 1.72. The number of hydrogen-bond acceptors (Lipinski definition) is 4. The van der Waals surface area contributed by atoms with Crippen LogP contribution in [-0.2, 0) is 18.4 Å². The van der Waals surface area contributed by atoms with Gasteiger partial charge in [0.2, 0.25) is 5.91 Å². The minimum absolute atomic E-state index is 0.0662. The van der Waals surface area contributed by atoms with Gasteiger partial charge < -0.3 is 15.2 Å². The highest BCUT2D eigenvalue weighted by Gasteiger charge is 2.27. The first-order chi connectivity index (χ1) is 15.5. The first-order valence-electron chi connectivity index (χ1n) is 9.57. The second kappa shape index (κ2) is 8.39. The van der Waals surface area contributed by atoms with Gasteiger partial charge in [-0.2, -0.15) is 18.3 Å². The molecule has 0 fully saturated rings. The van der Waals surface area contributed by atoms with Gasteiger partial charge >= 0.3 is 6.18 Å². The molecule has 0 aliphatic carbocycles. The number of aryl methyl sites for hydroxylation is 1. The van der Waals surface area contributed by atoms with E-state index < -0.39 is 36.5 Å². The first-order valence-corrected chi connectivity index (χ1v) is 9.94. The van der Waals surface area contributed by atoms with E-state index in [1.54, 1.807) is 35.4 Å². The number of anilines is 2. The molecular formula is C21H16ClF4N5O2. The fourth-order valence-corrected chi connectivity index (χ4v) is 3.83. The number of pyridine rings is 1. The third-order valence-corrected chi connectivity index (χ3v) is 5.24. The topological polar surface area (TPSA) is 81.0 Å². The van der Waals surface area contributed by atoms with E-state index in [1.807, 2.05) is 0 Å². The Hall–Kier alpha value is -3.60. The summed E-state index contributed by atoms with van der Waals surface area (Å²) >= 11 is 6.32. The maximum atomic E-state index is 14.8. The number of halogens is 5. The molecule has 4 aromatic rings. The molecule has 2 aromatic heterocycles. The van der Waals surface area contributed by atoms with E-state index in [-0.39, 0.29) is 11.1 Å². The number of carbonyl (C=O) groups excluding carboxylic acids is 1. The number of amides is 1. The highest BCUT2D eigenvalue weighted by Crippen LogP contribution is 2.32. The zero-order chi connectivity index (χ0) is 23.9. The molecule has 7 nitrogen and oxygen atoms in total. The smallest absolute Gasteiger partial charge is 0.352 e. The second-order valence-electron chi connectivity index (χ2n) is 7.32. The molecule has 0 aliphatic rings. The van der Waals surface area contributed by atoms with Crippen LogP contribution in [-0.4, -0.2) is 33.0 Å². The summed E-state index contributed by atoms with van der Waals surface area (Å²) < 4.78 is 54.3. The molecule has 0 aliphatic heterocycles. The molecular weight excluding hydrogens is 466 g/mol. The number of fused-ring (bicyclic) bond motifs is 2. The SMILES string of the molecule is Cn1ncc2cc(Nc3c(F)ccc4ccn(CC(=O)NCC(F)(F)F)c(=O)c34)cc(Cl)c21. The monoisotopic (exact) mass is 481 g/mol. The number of nitrogens with one attached hydrogen (secondary N) is 2. The average Bonchev–Trinajstić information content (AvgIpc) is 3.11. The predicted molar refractivity (Wildman–Crippen MR) is 116 cm³/mol. The quantitative estimate of drug-likeness (QED) is 0.421. The van der Waals surface area contributed by atoms with Crippen molar-refractivity contribution in [3.63, 3.8) is 0 Å². The van der Waals surface area contributed by atoms with Gasteiger partial charge in [0.25, 0.3) is 5.56 Å². The van der Waals surface area contributed by atoms with E-state index in [0.717, 1.165) is 4.57 Å². The van der Waals surface area contributed by atoms with Crippen LogP contribution in [0.2, 0.25) is 5.02 Å². The van der Waals surface area contributed by atoms with E-state index in [4.69, 9.17) is 11.6 Å². The van der Waals surface area contributed by atoms with E-state index in [0.29, 0.717) is 27.0 Å². The number of aromatic nitrogens is 3. The maximum Gasteiger partial charge on any atom is 0.405 e. The van der Waals surface area contributed by atoms with Crippen LogP contribution in [0.25, 0.3) is 21.7 Å². The summed E-state index contributed by atoms with van der Waals surface area (Å²) in [5.41, 5.74) is 0.171. The van der Waals surface area contributed by atoms with Gasteiger partial charge in [-0.25, -0.2) is 4.39 Å². The number of carbonyl (C=O) groups is 1. The zero-order valence-electron chi connectivity index (χ0n) is 17.0. The average molecular weight is 482 g/mol. The molecule has 33 heavy (non-hydrogen) atoms. The highest BCUT2D eigenvalue weighted by atomic mass is 35.5. The van der Waals surface area contributed by atoms with Crippen LogP contribution >= 0.6 is 11.6 Å². The fraction of sp³-hybridized carbons (Fsp3) is 0.190. The van der Waals surface area contributed by atoms with E-state index in [9.17, 15) is 27.2 Å². The molecule has 12 heteroatoms. The molecule has 0 radical (unpaired) electrons. The molecule has 1 amide bonds. The molecule has 4 rings (SSSR count). The van der Waals surface area contributed by atoms with Crippen molar-refractivity contribution in [3.05, 3.63) is 63.9 Å². The maximum absolute atomic E-state index is 14.8. The lowest BCUT2D eigenvalue weighted by atomic mass is 10.1. The van der Waals surface area contributed by atoms with Crippen LogP contribution < -0.4 is 16.2 Å². The van der Waals surface area contributed by atoms with Crippen molar-refractivity contribution in [1.29, 1.82) is 0 Å². The third-order valence-electron chi connectivity index (χ3n) is 4.95. The third kappa shape index (κ3) is 4.63. The Bertz CT molecular complexity index is 1440. The van der Waals surface area contributed by atoms with Crippen molar-refractivity contribution >= 4 is 50.6 Å². The van der Waals surface area contributed by atoms with Crippen LogP contribution in [0, 0.1) is 5.82 Å². The zero-order valence-corrected chi connectivity index (χ0v) is 17.8. The van der Waals surface area contributed by atoms with Crippen molar-refractivity contribution in [2.75, 3.05) is 11.9 Å². The summed E-state index contributed by atoms with van der Waals surface area (Å²) in [4.78, 5) is 24.9. The van der Waals surface area contributed by atoms with Gasteiger partial charge in [0.1, 0.15) is 18.9 Å². The van der Waals surface area contributed by atoms with Crippen molar-refractivity contribution in [2.24, 2.45) is 7.05 Å². The van der Waals surface area contributed by atoms with E-state index in [2.05, 4.69) is 10.4 Å². The molecule has 0 unspecified atom stereocenters. The molecule has 2 heterocycles. The minimum Gasteiger partial charge on any atom is -0.352 e. The minimum atomic E-state index is -4.58. The Morgan fingerprint density at radius 1 is 1.18 bits per heavy atom. The molecule has 172 valence electrons. The van der Waals surface area contributed by atoms with Crippen molar-refractivity contribution in [2.45, 2.75) is 12.7 Å². The Balaban J connectivity index is 1.73.